The van der Waals surface area contributed by atoms with Crippen molar-refractivity contribution in [3.05, 3.63) is 47.9 Å². The molecule has 2 saturated heterocycles. The van der Waals surface area contributed by atoms with E-state index in [1.54, 1.807) is 19.2 Å². The first-order valence-corrected chi connectivity index (χ1v) is 10.3. The van der Waals surface area contributed by atoms with Crippen molar-refractivity contribution >= 4 is 11.9 Å². The Balaban J connectivity index is 1.47. The molecule has 4 atom stereocenters. The van der Waals surface area contributed by atoms with Crippen LogP contribution in [0.25, 0.3) is 0 Å². The number of rotatable bonds is 7. The van der Waals surface area contributed by atoms with Gasteiger partial charge in [-0.05, 0) is 36.6 Å². The number of carbonyl (C=O) groups excluding carboxylic acids is 1. The van der Waals surface area contributed by atoms with Crippen molar-refractivity contribution in [2.45, 2.75) is 50.9 Å². The summed E-state index contributed by atoms with van der Waals surface area (Å²) in [5.74, 6) is 2.06. The molecule has 0 unspecified atom stereocenters. The van der Waals surface area contributed by atoms with Crippen molar-refractivity contribution in [3.8, 4) is 5.75 Å². The summed E-state index contributed by atoms with van der Waals surface area (Å²) in [5, 5.41) is 9.96. The van der Waals surface area contributed by atoms with E-state index in [9.17, 15) is 9.90 Å². The first-order valence-electron chi connectivity index (χ1n) is 10.3. The number of amides is 1. The van der Waals surface area contributed by atoms with Crippen molar-refractivity contribution < 1.29 is 24.1 Å². The van der Waals surface area contributed by atoms with Crippen LogP contribution in [0, 0.1) is 0 Å². The SMILES string of the molecule is C[C@H](Cc1nccc(N2C(=O)OC[C@@H]2[C@@H](C)O)n1)c1cccc(O[C@H]2CCOC2)c1. The third-order valence-corrected chi connectivity index (χ3v) is 5.51. The number of ether oxygens (including phenoxy) is 3. The molecule has 2 aliphatic rings. The number of benzene rings is 1. The van der Waals surface area contributed by atoms with E-state index in [-0.39, 0.29) is 18.6 Å². The number of aliphatic hydroxyl groups excluding tert-OH is 1. The minimum Gasteiger partial charge on any atom is -0.488 e. The average Bonchev–Trinajstić information content (AvgIpc) is 3.38. The number of nitrogens with zero attached hydrogens (tertiary/aromatic N) is 3. The molecule has 1 N–H and O–H groups in total. The van der Waals surface area contributed by atoms with E-state index in [0.29, 0.717) is 24.7 Å². The zero-order valence-corrected chi connectivity index (χ0v) is 17.2. The van der Waals surface area contributed by atoms with Gasteiger partial charge in [0.1, 0.15) is 36.1 Å². The topological polar surface area (TPSA) is 94.0 Å². The van der Waals surface area contributed by atoms with Gasteiger partial charge in [0.25, 0.3) is 0 Å². The maximum Gasteiger partial charge on any atom is 0.416 e. The molecule has 0 aliphatic carbocycles. The molecule has 1 aromatic carbocycles. The largest absolute Gasteiger partial charge is 0.488 e. The molecule has 0 bridgehead atoms. The lowest BCUT2D eigenvalue weighted by molar-refractivity contribution is 0.141. The number of anilines is 1. The lowest BCUT2D eigenvalue weighted by Crippen LogP contribution is -2.41. The molecule has 3 heterocycles. The second-order valence-corrected chi connectivity index (χ2v) is 7.87. The molecule has 8 heteroatoms. The number of hydrogen-bond donors (Lipinski definition) is 1. The van der Waals surface area contributed by atoms with Gasteiger partial charge in [-0.3, -0.25) is 4.90 Å². The van der Waals surface area contributed by atoms with E-state index in [4.69, 9.17) is 14.2 Å². The van der Waals surface area contributed by atoms with Crippen LogP contribution in [0.15, 0.2) is 36.5 Å². The summed E-state index contributed by atoms with van der Waals surface area (Å²) in [4.78, 5) is 22.5. The fourth-order valence-electron chi connectivity index (χ4n) is 3.76. The van der Waals surface area contributed by atoms with Crippen LogP contribution >= 0.6 is 0 Å². The van der Waals surface area contributed by atoms with Crippen molar-refractivity contribution in [2.75, 3.05) is 24.7 Å². The highest BCUT2D eigenvalue weighted by Gasteiger charge is 2.38. The predicted octanol–water partition coefficient (Wildman–Crippen LogP) is 2.70. The zero-order chi connectivity index (χ0) is 21.1. The van der Waals surface area contributed by atoms with Crippen LogP contribution in [0.1, 0.15) is 37.6 Å². The van der Waals surface area contributed by atoms with Gasteiger partial charge in [0.05, 0.1) is 19.3 Å². The lowest BCUT2D eigenvalue weighted by atomic mass is 9.97. The van der Waals surface area contributed by atoms with Gasteiger partial charge in [-0.15, -0.1) is 0 Å². The summed E-state index contributed by atoms with van der Waals surface area (Å²) in [7, 11) is 0. The van der Waals surface area contributed by atoms with E-state index < -0.39 is 18.2 Å². The van der Waals surface area contributed by atoms with Crippen molar-refractivity contribution in [1.29, 1.82) is 0 Å². The second-order valence-electron chi connectivity index (χ2n) is 7.87. The molecule has 1 aromatic heterocycles. The molecule has 4 rings (SSSR count). The van der Waals surface area contributed by atoms with Gasteiger partial charge in [0.2, 0.25) is 0 Å². The molecule has 160 valence electrons. The van der Waals surface area contributed by atoms with Crippen LogP contribution in [-0.4, -0.2) is 59.2 Å². The Morgan fingerprint density at radius 2 is 2.17 bits per heavy atom. The summed E-state index contributed by atoms with van der Waals surface area (Å²) in [6, 6.07) is 9.27. The first kappa shape index (κ1) is 20.6. The van der Waals surface area contributed by atoms with E-state index in [1.807, 2.05) is 18.2 Å². The van der Waals surface area contributed by atoms with Crippen molar-refractivity contribution in [3.63, 3.8) is 0 Å². The average molecular weight is 413 g/mol. The molecular formula is C22H27N3O5. The molecule has 0 saturated carbocycles. The third kappa shape index (κ3) is 4.55. The van der Waals surface area contributed by atoms with Crippen LogP contribution in [0.4, 0.5) is 10.6 Å². The van der Waals surface area contributed by atoms with Crippen LogP contribution in [-0.2, 0) is 15.9 Å². The predicted molar refractivity (Wildman–Crippen MR) is 110 cm³/mol. The summed E-state index contributed by atoms with van der Waals surface area (Å²) < 4.78 is 16.5. The van der Waals surface area contributed by atoms with Gasteiger partial charge in [-0.2, -0.15) is 0 Å². The monoisotopic (exact) mass is 413 g/mol. The molecule has 2 fully saturated rings. The number of aromatic nitrogens is 2. The Morgan fingerprint density at radius 3 is 2.93 bits per heavy atom. The number of carbonyl (C=O) groups is 1. The molecule has 0 radical (unpaired) electrons. The third-order valence-electron chi connectivity index (χ3n) is 5.51. The van der Waals surface area contributed by atoms with Gasteiger partial charge < -0.3 is 19.3 Å². The van der Waals surface area contributed by atoms with Crippen molar-refractivity contribution in [1.82, 2.24) is 9.97 Å². The first-order chi connectivity index (χ1) is 14.5. The molecule has 30 heavy (non-hydrogen) atoms. The minimum atomic E-state index is -0.721. The smallest absolute Gasteiger partial charge is 0.416 e. The van der Waals surface area contributed by atoms with Gasteiger partial charge in [0, 0.05) is 19.0 Å². The van der Waals surface area contributed by atoms with Gasteiger partial charge in [0.15, 0.2) is 0 Å². The summed E-state index contributed by atoms with van der Waals surface area (Å²) >= 11 is 0. The number of aliphatic hydroxyl groups is 1. The number of hydrogen-bond acceptors (Lipinski definition) is 7. The fourth-order valence-corrected chi connectivity index (χ4v) is 3.76. The maximum atomic E-state index is 12.1. The molecule has 2 aliphatic heterocycles. The minimum absolute atomic E-state index is 0.109. The van der Waals surface area contributed by atoms with E-state index in [1.165, 1.54) is 4.90 Å². The van der Waals surface area contributed by atoms with Crippen LogP contribution in [0.3, 0.4) is 0 Å². The normalized spacial score (nSPS) is 23.3. The van der Waals surface area contributed by atoms with Crippen molar-refractivity contribution in [2.24, 2.45) is 0 Å². The molecule has 0 spiro atoms. The maximum absolute atomic E-state index is 12.1. The molecule has 2 aromatic rings. The Labute approximate surface area is 175 Å². The van der Waals surface area contributed by atoms with Crippen LogP contribution in [0.2, 0.25) is 0 Å². The Kier molecular flexibility index (Phi) is 6.15. The van der Waals surface area contributed by atoms with Crippen LogP contribution < -0.4 is 9.64 Å². The Bertz CT molecular complexity index is 885. The quantitative estimate of drug-likeness (QED) is 0.746. The summed E-state index contributed by atoms with van der Waals surface area (Å²) in [6.45, 7) is 5.26. The summed E-state index contributed by atoms with van der Waals surface area (Å²) in [6.07, 6.45) is 2.03. The Morgan fingerprint density at radius 1 is 1.30 bits per heavy atom. The zero-order valence-electron chi connectivity index (χ0n) is 17.2. The fraction of sp³-hybridized carbons (Fsp3) is 0.500. The van der Waals surface area contributed by atoms with E-state index in [0.717, 1.165) is 24.3 Å². The highest BCUT2D eigenvalue weighted by atomic mass is 16.6. The summed E-state index contributed by atoms with van der Waals surface area (Å²) in [5.41, 5.74) is 1.13. The molecule has 1 amide bonds. The van der Waals surface area contributed by atoms with Crippen LogP contribution in [0.5, 0.6) is 5.75 Å². The second kappa shape index (κ2) is 8.97. The van der Waals surface area contributed by atoms with Gasteiger partial charge in [-0.25, -0.2) is 14.8 Å². The van der Waals surface area contributed by atoms with E-state index in [2.05, 4.69) is 23.0 Å². The number of cyclic esters (lactones) is 1. The van der Waals surface area contributed by atoms with E-state index >= 15 is 0 Å². The Hall–Kier alpha value is -2.71. The highest BCUT2D eigenvalue weighted by Crippen LogP contribution is 2.27. The molecular weight excluding hydrogens is 386 g/mol. The highest BCUT2D eigenvalue weighted by molar-refractivity contribution is 5.89. The van der Waals surface area contributed by atoms with Gasteiger partial charge in [-0.1, -0.05) is 19.1 Å². The van der Waals surface area contributed by atoms with Gasteiger partial charge >= 0.3 is 6.09 Å². The molecule has 8 nitrogen and oxygen atoms in total. The lowest BCUT2D eigenvalue weighted by Gasteiger charge is -2.23. The standard InChI is InChI=1S/C22H27N3O5/c1-14(16-4-3-5-17(11-16)30-18-7-9-28-12-18)10-20-23-8-6-21(24-20)25-19(15(2)26)13-29-22(25)27/h3-6,8,11,14-15,18-19,26H,7,9-10,12-13H2,1-2H3/t14-,15-,18+,19-/m1/s1.